The number of phenols is 1. The Balaban J connectivity index is 1.76. The number of phenolic OH excluding ortho intramolecular Hbond substituents is 1. The molecule has 3 N–H and O–H groups in total. The van der Waals surface area contributed by atoms with Crippen LogP contribution in [-0.2, 0) is 16.2 Å². The lowest BCUT2D eigenvalue weighted by Crippen LogP contribution is -2.19. The summed E-state index contributed by atoms with van der Waals surface area (Å²) >= 11 is 0. The van der Waals surface area contributed by atoms with Crippen LogP contribution in [0.25, 0.3) is 6.08 Å². The van der Waals surface area contributed by atoms with Crippen LogP contribution in [0.1, 0.15) is 18.1 Å². The van der Waals surface area contributed by atoms with Crippen LogP contribution >= 0.6 is 0 Å². The maximum absolute atomic E-state index is 12.2. The van der Waals surface area contributed by atoms with Crippen molar-refractivity contribution >= 4 is 17.7 Å². The number of aliphatic hydroxyl groups excluding tert-OH is 1. The highest BCUT2D eigenvalue weighted by Crippen LogP contribution is 2.23. The zero-order valence-corrected chi connectivity index (χ0v) is 14.1. The summed E-state index contributed by atoms with van der Waals surface area (Å²) in [5.41, 5.74) is 2.30. The third kappa shape index (κ3) is 3.92. The fraction of sp³-hybridized carbons (Fsp3) is 0.100. The Morgan fingerprint density at radius 2 is 1.81 bits per heavy atom. The molecule has 0 radical (unpaired) electrons. The van der Waals surface area contributed by atoms with Gasteiger partial charge in [-0.3, -0.25) is 4.79 Å². The minimum atomic E-state index is -0.447. The number of benzene rings is 2. The standard InChI is InChI=1S/C20H18N2O4/c1-13(22-26-12-15-5-3-2-4-6-15)18-19(24)17(21-20(18)25)11-14-7-9-16(23)10-8-14/h2-11,23-24H,12H2,1H3,(H,21,25)/b17-11-,22-13+. The van der Waals surface area contributed by atoms with E-state index in [-0.39, 0.29) is 35.1 Å². The molecular weight excluding hydrogens is 332 g/mol. The fourth-order valence-electron chi connectivity index (χ4n) is 2.49. The van der Waals surface area contributed by atoms with Crippen molar-refractivity contribution in [3.8, 4) is 5.75 Å². The van der Waals surface area contributed by atoms with E-state index < -0.39 is 5.91 Å². The van der Waals surface area contributed by atoms with Crippen molar-refractivity contribution in [2.45, 2.75) is 13.5 Å². The minimum absolute atomic E-state index is 0.0723. The van der Waals surface area contributed by atoms with E-state index in [1.54, 1.807) is 25.1 Å². The maximum atomic E-state index is 12.2. The quantitative estimate of drug-likeness (QED) is 0.570. The summed E-state index contributed by atoms with van der Waals surface area (Å²) in [6.07, 6.45) is 1.61. The van der Waals surface area contributed by atoms with Gasteiger partial charge in [0.15, 0.2) is 5.76 Å². The van der Waals surface area contributed by atoms with Gasteiger partial charge in [0, 0.05) is 0 Å². The average Bonchev–Trinajstić information content (AvgIpc) is 2.91. The number of hydrogen-bond acceptors (Lipinski definition) is 5. The van der Waals surface area contributed by atoms with Gasteiger partial charge in [-0.25, -0.2) is 0 Å². The zero-order chi connectivity index (χ0) is 18.5. The van der Waals surface area contributed by atoms with Crippen molar-refractivity contribution in [2.75, 3.05) is 0 Å². The normalized spacial score (nSPS) is 16.1. The van der Waals surface area contributed by atoms with Gasteiger partial charge in [0.1, 0.15) is 17.9 Å². The molecule has 1 aliphatic heterocycles. The maximum Gasteiger partial charge on any atom is 0.261 e. The third-order valence-electron chi connectivity index (χ3n) is 3.81. The average molecular weight is 350 g/mol. The third-order valence-corrected chi connectivity index (χ3v) is 3.81. The number of hydrogen-bond donors (Lipinski definition) is 3. The summed E-state index contributed by atoms with van der Waals surface area (Å²) in [5, 5.41) is 26.2. The van der Waals surface area contributed by atoms with Gasteiger partial charge in [-0.15, -0.1) is 0 Å². The van der Waals surface area contributed by atoms with Crippen LogP contribution in [0, 0.1) is 0 Å². The number of aliphatic hydroxyl groups is 1. The molecule has 1 aliphatic rings. The summed E-state index contributed by atoms with van der Waals surface area (Å²) in [4.78, 5) is 17.4. The second-order valence-corrected chi connectivity index (χ2v) is 5.76. The van der Waals surface area contributed by atoms with E-state index in [0.29, 0.717) is 0 Å². The van der Waals surface area contributed by atoms with Crippen LogP contribution < -0.4 is 5.32 Å². The number of amides is 1. The zero-order valence-electron chi connectivity index (χ0n) is 14.1. The minimum Gasteiger partial charge on any atom is -0.508 e. The lowest BCUT2D eigenvalue weighted by molar-refractivity contribution is -0.115. The van der Waals surface area contributed by atoms with E-state index in [0.717, 1.165) is 11.1 Å². The number of oxime groups is 1. The Hall–Kier alpha value is -3.54. The van der Waals surface area contributed by atoms with E-state index in [4.69, 9.17) is 4.84 Å². The molecule has 0 spiro atoms. The summed E-state index contributed by atoms with van der Waals surface area (Å²) < 4.78 is 0. The SMILES string of the molecule is C/C(=N\OCc1ccccc1)C1=C(O)/C(=C/c2ccc(O)cc2)NC1=O. The first-order valence-electron chi connectivity index (χ1n) is 8.01. The van der Waals surface area contributed by atoms with Gasteiger partial charge in [0.2, 0.25) is 0 Å². The molecule has 3 rings (SSSR count). The molecule has 0 bridgehead atoms. The van der Waals surface area contributed by atoms with Crippen LogP contribution in [0.4, 0.5) is 0 Å². The van der Waals surface area contributed by atoms with Crippen molar-refractivity contribution in [3.05, 3.63) is 82.8 Å². The number of rotatable bonds is 5. The summed E-state index contributed by atoms with van der Waals surface area (Å²) in [6, 6.07) is 15.9. The predicted octanol–water partition coefficient (Wildman–Crippen LogP) is 3.27. The van der Waals surface area contributed by atoms with Gasteiger partial charge in [-0.1, -0.05) is 47.6 Å². The van der Waals surface area contributed by atoms with Crippen LogP contribution in [0.2, 0.25) is 0 Å². The van der Waals surface area contributed by atoms with Crippen LogP contribution in [0.15, 0.2) is 76.8 Å². The molecule has 0 atom stereocenters. The van der Waals surface area contributed by atoms with Crippen LogP contribution in [0.5, 0.6) is 5.75 Å². The molecule has 26 heavy (non-hydrogen) atoms. The summed E-state index contributed by atoms with van der Waals surface area (Å²) in [5.74, 6) is -0.494. The first kappa shape index (κ1) is 17.3. The lowest BCUT2D eigenvalue weighted by Gasteiger charge is -2.02. The Labute approximate surface area is 150 Å². The number of nitrogens with zero attached hydrogens (tertiary/aromatic N) is 1. The van der Waals surface area contributed by atoms with Crippen LogP contribution in [0.3, 0.4) is 0 Å². The Morgan fingerprint density at radius 1 is 1.12 bits per heavy atom. The molecule has 0 saturated heterocycles. The van der Waals surface area contributed by atoms with Crippen molar-refractivity contribution in [1.82, 2.24) is 5.32 Å². The molecule has 2 aromatic carbocycles. The Kier molecular flexibility index (Phi) is 5.03. The highest BCUT2D eigenvalue weighted by Gasteiger charge is 2.29. The Morgan fingerprint density at radius 3 is 2.50 bits per heavy atom. The predicted molar refractivity (Wildman–Crippen MR) is 98.2 cm³/mol. The first-order chi connectivity index (χ1) is 12.5. The van der Waals surface area contributed by atoms with E-state index in [9.17, 15) is 15.0 Å². The van der Waals surface area contributed by atoms with Crippen molar-refractivity contribution in [2.24, 2.45) is 5.16 Å². The van der Waals surface area contributed by atoms with E-state index in [2.05, 4.69) is 10.5 Å². The van der Waals surface area contributed by atoms with Crippen molar-refractivity contribution < 1.29 is 19.8 Å². The molecule has 1 heterocycles. The van der Waals surface area contributed by atoms with E-state index in [1.165, 1.54) is 12.1 Å². The van der Waals surface area contributed by atoms with Gasteiger partial charge in [-0.2, -0.15) is 0 Å². The molecule has 0 unspecified atom stereocenters. The van der Waals surface area contributed by atoms with Gasteiger partial charge in [0.25, 0.3) is 5.91 Å². The van der Waals surface area contributed by atoms with Crippen LogP contribution in [-0.4, -0.2) is 21.8 Å². The molecule has 0 saturated carbocycles. The molecule has 6 heteroatoms. The molecule has 6 nitrogen and oxygen atoms in total. The molecular formula is C20H18N2O4. The van der Waals surface area contributed by atoms with Gasteiger partial charge in [-0.05, 0) is 36.3 Å². The topological polar surface area (TPSA) is 91.2 Å². The molecule has 1 amide bonds. The fourth-order valence-corrected chi connectivity index (χ4v) is 2.49. The number of aromatic hydroxyl groups is 1. The Bertz CT molecular complexity index is 897. The van der Waals surface area contributed by atoms with Gasteiger partial charge >= 0.3 is 0 Å². The number of carbonyl (C=O) groups is 1. The summed E-state index contributed by atoms with van der Waals surface area (Å²) in [6.45, 7) is 1.86. The molecule has 0 aromatic heterocycles. The van der Waals surface area contributed by atoms with Crippen molar-refractivity contribution in [3.63, 3.8) is 0 Å². The highest BCUT2D eigenvalue weighted by atomic mass is 16.6. The van der Waals surface area contributed by atoms with E-state index in [1.807, 2.05) is 30.3 Å². The molecule has 2 aromatic rings. The van der Waals surface area contributed by atoms with Crippen molar-refractivity contribution in [1.29, 1.82) is 0 Å². The second-order valence-electron chi connectivity index (χ2n) is 5.76. The second kappa shape index (κ2) is 7.57. The number of nitrogens with one attached hydrogen (secondary N) is 1. The smallest absolute Gasteiger partial charge is 0.261 e. The van der Waals surface area contributed by atoms with E-state index >= 15 is 0 Å². The highest BCUT2D eigenvalue weighted by molar-refractivity contribution is 6.24. The largest absolute Gasteiger partial charge is 0.508 e. The van der Waals surface area contributed by atoms with Gasteiger partial charge in [0.05, 0.1) is 11.4 Å². The first-order valence-corrected chi connectivity index (χ1v) is 8.01. The summed E-state index contributed by atoms with van der Waals surface area (Å²) in [7, 11) is 0. The molecule has 0 aliphatic carbocycles. The monoisotopic (exact) mass is 350 g/mol. The lowest BCUT2D eigenvalue weighted by atomic mass is 10.1. The van der Waals surface area contributed by atoms with Gasteiger partial charge < -0.3 is 20.4 Å². The molecule has 132 valence electrons. The number of carbonyl (C=O) groups excluding carboxylic acids is 1. The molecule has 0 fully saturated rings.